The van der Waals surface area contributed by atoms with Crippen molar-refractivity contribution in [1.82, 2.24) is 9.80 Å². The molecular formula is C38H39N3O5S. The van der Waals surface area contributed by atoms with Crippen molar-refractivity contribution in [2.24, 2.45) is 11.8 Å². The van der Waals surface area contributed by atoms with E-state index in [2.05, 4.69) is 6.08 Å². The highest BCUT2D eigenvalue weighted by Crippen LogP contribution is 2.66. The molecule has 0 aromatic heterocycles. The summed E-state index contributed by atoms with van der Waals surface area (Å²) >= 11 is 1.55. The molecule has 1 spiro atoms. The van der Waals surface area contributed by atoms with Crippen LogP contribution in [-0.2, 0) is 20.9 Å². The second kappa shape index (κ2) is 12.4. The Bertz CT molecular complexity index is 1710. The number of hydrogen-bond acceptors (Lipinski definition) is 6. The highest BCUT2D eigenvalue weighted by atomic mass is 32.2. The molecule has 4 aliphatic rings. The quantitative estimate of drug-likeness (QED) is 0.346. The van der Waals surface area contributed by atoms with E-state index in [1.165, 1.54) is 0 Å². The van der Waals surface area contributed by atoms with Gasteiger partial charge in [-0.05, 0) is 49.2 Å². The fraction of sp³-hybridized carbons (Fsp3) is 0.342. The van der Waals surface area contributed by atoms with E-state index >= 15 is 4.79 Å². The Kier molecular flexibility index (Phi) is 8.22. The van der Waals surface area contributed by atoms with Gasteiger partial charge in [0.05, 0.1) is 35.8 Å². The lowest BCUT2D eigenvalue weighted by molar-refractivity contribution is -0.146. The van der Waals surface area contributed by atoms with Crippen LogP contribution < -0.4 is 9.64 Å². The van der Waals surface area contributed by atoms with Crippen molar-refractivity contribution in [3.05, 3.63) is 120 Å². The number of aliphatic hydroxyl groups excluding tert-OH is 1. The van der Waals surface area contributed by atoms with Crippen LogP contribution >= 0.6 is 11.8 Å². The molecule has 3 aromatic carbocycles. The summed E-state index contributed by atoms with van der Waals surface area (Å²) in [5.74, 6) is -1.47. The highest BCUT2D eigenvalue weighted by Gasteiger charge is 2.74. The summed E-state index contributed by atoms with van der Waals surface area (Å²) in [4.78, 5) is 49.8. The molecule has 0 radical (unpaired) electrons. The monoisotopic (exact) mass is 649 g/mol. The molecule has 242 valence electrons. The van der Waals surface area contributed by atoms with Gasteiger partial charge in [-0.2, -0.15) is 0 Å². The molecule has 2 fully saturated rings. The van der Waals surface area contributed by atoms with Gasteiger partial charge in [0.1, 0.15) is 11.8 Å². The van der Waals surface area contributed by atoms with Crippen molar-refractivity contribution in [3.63, 3.8) is 0 Å². The van der Waals surface area contributed by atoms with Crippen LogP contribution in [0.25, 0.3) is 0 Å². The van der Waals surface area contributed by atoms with Crippen LogP contribution in [0.4, 0.5) is 5.69 Å². The second-order valence-corrected chi connectivity index (χ2v) is 14.5. The summed E-state index contributed by atoms with van der Waals surface area (Å²) in [6.07, 6.45) is 8.07. The number of carbonyl (C=O) groups excluding carboxylic acids is 3. The van der Waals surface area contributed by atoms with E-state index in [1.807, 2.05) is 117 Å². The van der Waals surface area contributed by atoms with E-state index < -0.39 is 33.4 Å². The number of nitrogens with zero attached hydrogens (tertiary/aromatic N) is 3. The molecule has 8 nitrogen and oxygen atoms in total. The van der Waals surface area contributed by atoms with Crippen LogP contribution in [-0.4, -0.2) is 74.5 Å². The molecule has 0 saturated carbocycles. The zero-order valence-corrected chi connectivity index (χ0v) is 27.4. The first-order valence-corrected chi connectivity index (χ1v) is 17.0. The van der Waals surface area contributed by atoms with Crippen molar-refractivity contribution in [3.8, 4) is 5.75 Å². The summed E-state index contributed by atoms with van der Waals surface area (Å²) in [5.41, 5.74) is 2.45. The van der Waals surface area contributed by atoms with Crippen molar-refractivity contribution >= 4 is 35.2 Å². The largest absolute Gasteiger partial charge is 0.494 e. The summed E-state index contributed by atoms with van der Waals surface area (Å²) < 4.78 is 3.86. The molecule has 1 unspecified atom stereocenters. The number of aliphatic hydroxyl groups is 1. The summed E-state index contributed by atoms with van der Waals surface area (Å²) in [7, 11) is 0. The van der Waals surface area contributed by atoms with Gasteiger partial charge in [-0.15, -0.1) is 11.8 Å². The van der Waals surface area contributed by atoms with E-state index in [-0.39, 0.29) is 24.3 Å². The van der Waals surface area contributed by atoms with Gasteiger partial charge in [-0.25, -0.2) is 0 Å². The number of benzene rings is 3. The second-order valence-electron chi connectivity index (χ2n) is 12.7. The van der Waals surface area contributed by atoms with E-state index in [9.17, 15) is 14.7 Å². The number of hydrogen-bond donors (Lipinski definition) is 1. The van der Waals surface area contributed by atoms with Gasteiger partial charge in [0, 0.05) is 30.1 Å². The minimum atomic E-state index is -1.02. The van der Waals surface area contributed by atoms with Crippen LogP contribution in [0.15, 0.2) is 109 Å². The number of carbonyl (C=O) groups is 3. The van der Waals surface area contributed by atoms with Gasteiger partial charge in [0.2, 0.25) is 17.7 Å². The predicted molar refractivity (Wildman–Crippen MR) is 183 cm³/mol. The molecule has 9 heteroatoms. The maximum absolute atomic E-state index is 15.0. The molecule has 7 rings (SSSR count). The maximum atomic E-state index is 15.0. The van der Waals surface area contributed by atoms with Crippen LogP contribution in [0.2, 0.25) is 0 Å². The fourth-order valence-corrected chi connectivity index (χ4v) is 10.1. The fourth-order valence-electron chi connectivity index (χ4n) is 7.94. The van der Waals surface area contributed by atoms with Crippen molar-refractivity contribution in [1.29, 1.82) is 0 Å². The molecule has 6 atom stereocenters. The topological polar surface area (TPSA) is 90.4 Å². The van der Waals surface area contributed by atoms with Crippen LogP contribution in [0.3, 0.4) is 0 Å². The molecule has 3 aromatic rings. The van der Waals surface area contributed by atoms with Gasteiger partial charge in [-0.1, -0.05) is 85.0 Å². The van der Waals surface area contributed by atoms with Crippen LogP contribution in [0, 0.1) is 11.8 Å². The molecule has 2 saturated heterocycles. The normalized spacial score (nSPS) is 28.9. The van der Waals surface area contributed by atoms with Crippen molar-refractivity contribution in [2.45, 2.75) is 42.0 Å². The minimum Gasteiger partial charge on any atom is -0.494 e. The van der Waals surface area contributed by atoms with Gasteiger partial charge < -0.3 is 24.5 Å². The molecule has 4 aliphatic heterocycles. The Balaban J connectivity index is 1.34. The average Bonchev–Trinajstić information content (AvgIpc) is 3.36. The predicted octanol–water partition coefficient (Wildman–Crippen LogP) is 5.01. The number of fused-ring (bicyclic) bond motifs is 2. The van der Waals surface area contributed by atoms with Crippen molar-refractivity contribution < 1.29 is 24.2 Å². The first-order valence-electron chi connectivity index (χ1n) is 16.2. The van der Waals surface area contributed by atoms with Gasteiger partial charge in [-0.3, -0.25) is 14.4 Å². The highest BCUT2D eigenvalue weighted by molar-refractivity contribution is 8.02. The van der Waals surface area contributed by atoms with Crippen LogP contribution in [0.5, 0.6) is 5.75 Å². The number of ether oxygens (including phenoxy) is 1. The van der Waals surface area contributed by atoms with E-state index in [1.54, 1.807) is 26.5 Å². The molecular weight excluding hydrogens is 611 g/mol. The van der Waals surface area contributed by atoms with Crippen molar-refractivity contribution in [2.75, 3.05) is 31.2 Å². The molecule has 4 heterocycles. The van der Waals surface area contributed by atoms with E-state index in [4.69, 9.17) is 4.74 Å². The Morgan fingerprint density at radius 2 is 1.53 bits per heavy atom. The van der Waals surface area contributed by atoms with Gasteiger partial charge in [0.15, 0.2) is 0 Å². The molecule has 47 heavy (non-hydrogen) atoms. The average molecular weight is 650 g/mol. The lowest BCUT2D eigenvalue weighted by Gasteiger charge is -2.40. The lowest BCUT2D eigenvalue weighted by atomic mass is 9.74. The number of thioether (sulfide) groups is 1. The van der Waals surface area contributed by atoms with Gasteiger partial charge >= 0.3 is 0 Å². The Labute approximate surface area is 279 Å². The third kappa shape index (κ3) is 5.16. The summed E-state index contributed by atoms with van der Waals surface area (Å²) in [5, 5.41) is 10.9. The van der Waals surface area contributed by atoms with Crippen LogP contribution in [0.1, 0.15) is 31.0 Å². The number of likely N-dealkylation sites (tertiary alicyclic amines) is 1. The number of anilines is 1. The number of rotatable bonds is 8. The molecule has 0 aliphatic carbocycles. The third-order valence-corrected chi connectivity index (χ3v) is 11.7. The third-order valence-electron chi connectivity index (χ3n) is 9.95. The molecule has 1 N–H and O–H groups in total. The summed E-state index contributed by atoms with van der Waals surface area (Å²) in [6.45, 7) is 5.25. The molecule has 3 amide bonds. The zero-order valence-electron chi connectivity index (χ0n) is 26.6. The number of amides is 3. The van der Waals surface area contributed by atoms with E-state index in [0.717, 1.165) is 22.6 Å². The standard InChI is InChI=1S/C38H39N3O5S/c1-3-46-29-18-16-28(17-19-29)40-23-10-20-37(2)31(34(40)43)32-35(44)41(30(25-42)27-14-8-5-9-15-27)33-36(45)39(22-11-21-38(32,33)47-37)24-26-12-6-4-7-13-26/h4-21,30-33,42H,3,22-25H2,1-2H3/t30-,31+,32+,33?,37-,38+/m1/s1. The van der Waals surface area contributed by atoms with Gasteiger partial charge in [0.25, 0.3) is 0 Å². The first kappa shape index (κ1) is 31.3. The Hall–Kier alpha value is -4.34. The SMILES string of the molecule is CCOc1ccc(N2CC=C[C@@]3(C)S[C@]45C=CCN(Cc6ccccc6)C(=O)C4N([C@H](CO)c4ccccc4)C(=O)[C@@H]5[C@H]3C2=O)cc1. The summed E-state index contributed by atoms with van der Waals surface area (Å²) in [6, 6.07) is 24.9. The minimum absolute atomic E-state index is 0.156. The van der Waals surface area contributed by atoms with E-state index in [0.29, 0.717) is 26.2 Å². The Morgan fingerprint density at radius 1 is 0.851 bits per heavy atom. The maximum Gasteiger partial charge on any atom is 0.247 e. The lowest BCUT2D eigenvalue weighted by Crippen LogP contribution is -2.54. The smallest absolute Gasteiger partial charge is 0.247 e. The first-order chi connectivity index (χ1) is 22.8. The Morgan fingerprint density at radius 3 is 2.21 bits per heavy atom. The molecule has 0 bridgehead atoms. The zero-order chi connectivity index (χ0) is 32.8.